The van der Waals surface area contributed by atoms with Crippen LogP contribution in [0.15, 0.2) is 60.9 Å². The van der Waals surface area contributed by atoms with Gasteiger partial charge in [0.1, 0.15) is 12.1 Å². The number of carbonyl (C=O) groups excluding carboxylic acids is 1. The summed E-state index contributed by atoms with van der Waals surface area (Å²) in [5, 5.41) is 10.1. The van der Waals surface area contributed by atoms with Gasteiger partial charge in [0.15, 0.2) is 5.82 Å². The van der Waals surface area contributed by atoms with Crippen molar-refractivity contribution in [1.82, 2.24) is 19.7 Å². The average molecular weight is 428 g/mol. The number of nitrogens with one attached hydrogen (secondary N) is 2. The lowest BCUT2D eigenvalue weighted by Crippen LogP contribution is -2.20. The number of rotatable bonds is 5. The molecule has 0 fully saturated rings. The van der Waals surface area contributed by atoms with E-state index in [0.717, 1.165) is 28.2 Å². The van der Waals surface area contributed by atoms with Crippen LogP contribution in [-0.4, -0.2) is 25.8 Å². The number of anilines is 2. The van der Waals surface area contributed by atoms with Gasteiger partial charge in [0.05, 0.1) is 5.69 Å². The van der Waals surface area contributed by atoms with E-state index < -0.39 is 0 Å². The fourth-order valence-corrected chi connectivity index (χ4v) is 3.26. The first-order valence-electron chi connectivity index (χ1n) is 10.2. The first kappa shape index (κ1) is 21.0. The van der Waals surface area contributed by atoms with Crippen molar-refractivity contribution in [3.8, 4) is 17.4 Å². The predicted octanol–water partition coefficient (Wildman–Crippen LogP) is 5.33. The Balaban J connectivity index is 1.41. The van der Waals surface area contributed by atoms with E-state index in [1.165, 1.54) is 6.33 Å². The molecule has 162 valence electrons. The van der Waals surface area contributed by atoms with Gasteiger partial charge in [-0.05, 0) is 75.2 Å². The summed E-state index contributed by atoms with van der Waals surface area (Å²) < 4.78 is 7.59. The van der Waals surface area contributed by atoms with E-state index in [1.807, 2.05) is 52.0 Å². The van der Waals surface area contributed by atoms with Crippen molar-refractivity contribution in [2.24, 2.45) is 0 Å². The van der Waals surface area contributed by atoms with Crippen molar-refractivity contribution < 1.29 is 9.53 Å². The average Bonchev–Trinajstić information content (AvgIpc) is 3.11. The molecule has 0 radical (unpaired) electrons. The lowest BCUT2D eigenvalue weighted by atomic mass is 10.1. The smallest absolute Gasteiger partial charge is 0.323 e. The summed E-state index contributed by atoms with van der Waals surface area (Å²) in [4.78, 5) is 20.8. The number of nitrogens with zero attached hydrogens (tertiary/aromatic N) is 4. The summed E-state index contributed by atoms with van der Waals surface area (Å²) >= 11 is 0. The predicted molar refractivity (Wildman–Crippen MR) is 124 cm³/mol. The Kier molecular flexibility index (Phi) is 5.85. The molecule has 0 saturated carbocycles. The van der Waals surface area contributed by atoms with E-state index in [-0.39, 0.29) is 6.03 Å². The summed E-state index contributed by atoms with van der Waals surface area (Å²) in [5.74, 6) is 1.61. The molecular formula is C24H24N6O2. The lowest BCUT2D eigenvalue weighted by molar-refractivity contribution is 0.262. The van der Waals surface area contributed by atoms with Crippen LogP contribution in [0.25, 0.3) is 5.82 Å². The van der Waals surface area contributed by atoms with Gasteiger partial charge in [0.2, 0.25) is 5.88 Å². The van der Waals surface area contributed by atoms with Crippen LogP contribution in [0, 0.1) is 27.7 Å². The molecule has 0 aliphatic rings. The largest absolute Gasteiger partial charge is 0.439 e. The molecule has 2 aromatic carbocycles. The van der Waals surface area contributed by atoms with Gasteiger partial charge in [0.25, 0.3) is 0 Å². The van der Waals surface area contributed by atoms with Crippen LogP contribution in [0.4, 0.5) is 16.2 Å². The zero-order valence-electron chi connectivity index (χ0n) is 18.4. The summed E-state index contributed by atoms with van der Waals surface area (Å²) in [6.07, 6.45) is 1.44. The highest BCUT2D eigenvalue weighted by Crippen LogP contribution is 2.23. The van der Waals surface area contributed by atoms with Gasteiger partial charge in [-0.15, -0.1) is 0 Å². The second-order valence-corrected chi connectivity index (χ2v) is 7.51. The molecule has 2 N–H and O–H groups in total. The van der Waals surface area contributed by atoms with E-state index >= 15 is 0 Å². The molecule has 0 aliphatic carbocycles. The Hall–Kier alpha value is -4.20. The van der Waals surface area contributed by atoms with E-state index in [1.54, 1.807) is 35.0 Å². The molecule has 4 aromatic rings. The second kappa shape index (κ2) is 8.89. The Labute approximate surface area is 186 Å². The van der Waals surface area contributed by atoms with Crippen LogP contribution in [0.5, 0.6) is 11.6 Å². The molecule has 2 heterocycles. The summed E-state index contributed by atoms with van der Waals surface area (Å²) in [5.41, 5.74) is 5.47. The summed E-state index contributed by atoms with van der Waals surface area (Å²) in [6, 6.07) is 16.2. The van der Waals surface area contributed by atoms with Gasteiger partial charge in [-0.2, -0.15) is 5.10 Å². The van der Waals surface area contributed by atoms with Gasteiger partial charge in [-0.1, -0.05) is 12.1 Å². The third kappa shape index (κ3) is 4.75. The number of aromatic nitrogens is 4. The fraction of sp³-hybridized carbons (Fsp3) is 0.167. The van der Waals surface area contributed by atoms with Crippen molar-refractivity contribution >= 4 is 17.4 Å². The Morgan fingerprint density at radius 1 is 0.938 bits per heavy atom. The third-order valence-electron chi connectivity index (χ3n) is 5.04. The zero-order chi connectivity index (χ0) is 22.7. The molecule has 2 aromatic heterocycles. The minimum atomic E-state index is -0.308. The van der Waals surface area contributed by atoms with Gasteiger partial charge < -0.3 is 15.4 Å². The van der Waals surface area contributed by atoms with E-state index in [2.05, 4.69) is 25.7 Å². The van der Waals surface area contributed by atoms with E-state index in [0.29, 0.717) is 23.1 Å². The van der Waals surface area contributed by atoms with Crippen LogP contribution in [-0.2, 0) is 0 Å². The fourth-order valence-electron chi connectivity index (χ4n) is 3.26. The molecule has 0 saturated heterocycles. The quantitative estimate of drug-likeness (QED) is 0.448. The van der Waals surface area contributed by atoms with Crippen LogP contribution in [0.1, 0.15) is 22.5 Å². The molecule has 0 aliphatic heterocycles. The first-order valence-corrected chi connectivity index (χ1v) is 10.2. The number of aryl methyl sites for hydroxylation is 3. The molecule has 8 heteroatoms. The monoisotopic (exact) mass is 428 g/mol. The number of carbonyl (C=O) groups is 1. The number of amides is 2. The SMILES string of the molecule is Cc1cc(C)n(-c2cc(Oc3ccc(NC(=O)Nc4cccc(C)c4C)cc3)ncn2)n1. The maximum atomic E-state index is 12.3. The van der Waals surface area contributed by atoms with Crippen LogP contribution >= 0.6 is 0 Å². The van der Waals surface area contributed by atoms with Gasteiger partial charge in [-0.3, -0.25) is 0 Å². The molecule has 32 heavy (non-hydrogen) atoms. The van der Waals surface area contributed by atoms with Crippen molar-refractivity contribution in [3.63, 3.8) is 0 Å². The number of benzene rings is 2. The number of hydrogen-bond donors (Lipinski definition) is 2. The molecular weight excluding hydrogens is 404 g/mol. The van der Waals surface area contributed by atoms with Crippen molar-refractivity contribution in [3.05, 3.63) is 83.4 Å². The first-order chi connectivity index (χ1) is 15.4. The van der Waals surface area contributed by atoms with Gasteiger partial charge in [-0.25, -0.2) is 19.4 Å². The van der Waals surface area contributed by atoms with Crippen LogP contribution in [0.3, 0.4) is 0 Å². The maximum absolute atomic E-state index is 12.3. The molecule has 0 atom stereocenters. The Morgan fingerprint density at radius 3 is 2.44 bits per heavy atom. The van der Waals surface area contributed by atoms with Crippen LogP contribution < -0.4 is 15.4 Å². The highest BCUT2D eigenvalue weighted by Gasteiger charge is 2.09. The number of hydrogen-bond acceptors (Lipinski definition) is 5. The molecule has 8 nitrogen and oxygen atoms in total. The molecule has 0 bridgehead atoms. The topological polar surface area (TPSA) is 94.0 Å². The summed E-state index contributed by atoms with van der Waals surface area (Å²) in [7, 11) is 0. The van der Waals surface area contributed by atoms with Gasteiger partial charge in [0, 0.05) is 23.1 Å². The highest BCUT2D eigenvalue weighted by molar-refractivity contribution is 6.00. The van der Waals surface area contributed by atoms with E-state index in [9.17, 15) is 4.79 Å². The Bertz CT molecular complexity index is 1260. The lowest BCUT2D eigenvalue weighted by Gasteiger charge is -2.12. The second-order valence-electron chi connectivity index (χ2n) is 7.51. The number of urea groups is 1. The summed E-state index contributed by atoms with van der Waals surface area (Å²) in [6.45, 7) is 7.88. The van der Waals surface area contributed by atoms with E-state index in [4.69, 9.17) is 4.74 Å². The maximum Gasteiger partial charge on any atom is 0.323 e. The highest BCUT2D eigenvalue weighted by atomic mass is 16.5. The standard InChI is InChI=1S/C24H24N6O2/c1-15-6-5-7-21(18(15)4)28-24(31)27-19-8-10-20(11-9-19)32-23-13-22(25-14-26-23)30-17(3)12-16(2)29-30/h5-14H,1-4H3,(H2,27,28,31). The van der Waals surface area contributed by atoms with Crippen molar-refractivity contribution in [2.75, 3.05) is 10.6 Å². The third-order valence-corrected chi connectivity index (χ3v) is 5.04. The molecule has 2 amide bonds. The normalized spacial score (nSPS) is 10.6. The van der Waals surface area contributed by atoms with Crippen molar-refractivity contribution in [1.29, 1.82) is 0 Å². The zero-order valence-corrected chi connectivity index (χ0v) is 18.4. The molecule has 0 spiro atoms. The van der Waals surface area contributed by atoms with Crippen molar-refractivity contribution in [2.45, 2.75) is 27.7 Å². The van der Waals surface area contributed by atoms with Gasteiger partial charge >= 0.3 is 6.03 Å². The molecule has 4 rings (SSSR count). The Morgan fingerprint density at radius 2 is 1.72 bits per heavy atom. The minimum Gasteiger partial charge on any atom is -0.439 e. The minimum absolute atomic E-state index is 0.308. The molecule has 0 unspecified atom stereocenters. The number of ether oxygens (including phenoxy) is 1. The van der Waals surface area contributed by atoms with Crippen LogP contribution in [0.2, 0.25) is 0 Å².